The van der Waals surface area contributed by atoms with Crippen LogP contribution in [0.25, 0.3) is 0 Å². The molecule has 0 saturated heterocycles. The van der Waals surface area contributed by atoms with Gasteiger partial charge in [-0.05, 0) is 29.7 Å². The van der Waals surface area contributed by atoms with E-state index in [1.54, 1.807) is 12.1 Å². The van der Waals surface area contributed by atoms with E-state index in [0.29, 0.717) is 17.2 Å². The second-order valence-corrected chi connectivity index (χ2v) is 4.79. The van der Waals surface area contributed by atoms with E-state index in [0.717, 1.165) is 11.3 Å². The largest absolute Gasteiger partial charge is 0.488 e. The number of anilines is 1. The van der Waals surface area contributed by atoms with Crippen molar-refractivity contribution in [3.63, 3.8) is 0 Å². The monoisotopic (exact) mass is 259 g/mol. The van der Waals surface area contributed by atoms with Crippen molar-refractivity contribution in [3.8, 4) is 5.75 Å². The Morgan fingerprint density at radius 2 is 1.84 bits per heavy atom. The van der Waals surface area contributed by atoms with Gasteiger partial charge in [0.15, 0.2) is 0 Å². The average molecular weight is 259 g/mol. The highest BCUT2D eigenvalue weighted by Gasteiger charge is 2.10. The van der Waals surface area contributed by atoms with Gasteiger partial charge in [-0.3, -0.25) is 0 Å². The number of halogens is 1. The van der Waals surface area contributed by atoms with Crippen LogP contribution in [-0.2, 0) is 6.61 Å². The predicted molar refractivity (Wildman–Crippen MR) is 75.7 cm³/mol. The van der Waals surface area contributed by atoms with Crippen molar-refractivity contribution in [3.05, 3.63) is 59.4 Å². The van der Waals surface area contributed by atoms with Crippen molar-refractivity contribution in [1.29, 1.82) is 0 Å². The van der Waals surface area contributed by atoms with Gasteiger partial charge < -0.3 is 10.5 Å². The first-order valence-corrected chi connectivity index (χ1v) is 6.34. The summed E-state index contributed by atoms with van der Waals surface area (Å²) in [6, 6.07) is 12.5. The van der Waals surface area contributed by atoms with Crippen LogP contribution in [0.1, 0.15) is 30.9 Å². The minimum Gasteiger partial charge on any atom is -0.488 e. The van der Waals surface area contributed by atoms with Crippen molar-refractivity contribution in [2.45, 2.75) is 26.4 Å². The number of nitrogens with two attached hydrogens (primary N) is 1. The Bertz CT molecular complexity index is 546. The maximum Gasteiger partial charge on any atom is 0.131 e. The lowest BCUT2D eigenvalue weighted by molar-refractivity contribution is 0.296. The fraction of sp³-hybridized carbons (Fsp3) is 0.250. The van der Waals surface area contributed by atoms with Crippen molar-refractivity contribution in [2.24, 2.45) is 0 Å². The molecule has 0 aromatic heterocycles. The first-order valence-electron chi connectivity index (χ1n) is 6.34. The second-order valence-electron chi connectivity index (χ2n) is 4.79. The van der Waals surface area contributed by atoms with Crippen molar-refractivity contribution in [1.82, 2.24) is 0 Å². The molecule has 0 fully saturated rings. The van der Waals surface area contributed by atoms with Crippen molar-refractivity contribution >= 4 is 5.69 Å². The Labute approximate surface area is 113 Å². The van der Waals surface area contributed by atoms with Crippen LogP contribution in [0.3, 0.4) is 0 Å². The molecule has 2 nitrogen and oxygen atoms in total. The standard InChI is InChI=1S/C16H18FNO/c1-11(2)12-6-3-4-9-16(12)19-10-13-14(17)7-5-8-15(13)18/h3-9,11H,10,18H2,1-2H3. The van der Waals surface area contributed by atoms with Crippen LogP contribution in [0.4, 0.5) is 10.1 Å². The molecule has 0 spiro atoms. The molecular formula is C16H18FNO. The molecule has 0 radical (unpaired) electrons. The van der Waals surface area contributed by atoms with E-state index in [-0.39, 0.29) is 12.4 Å². The van der Waals surface area contributed by atoms with Gasteiger partial charge in [-0.15, -0.1) is 0 Å². The fourth-order valence-corrected chi connectivity index (χ4v) is 1.97. The molecule has 0 heterocycles. The molecular weight excluding hydrogens is 241 g/mol. The molecule has 0 bridgehead atoms. The van der Waals surface area contributed by atoms with Gasteiger partial charge in [-0.25, -0.2) is 4.39 Å². The van der Waals surface area contributed by atoms with Crippen molar-refractivity contribution in [2.75, 3.05) is 5.73 Å². The molecule has 0 atom stereocenters. The third-order valence-electron chi connectivity index (χ3n) is 3.07. The Kier molecular flexibility index (Phi) is 4.05. The van der Waals surface area contributed by atoms with E-state index in [2.05, 4.69) is 13.8 Å². The summed E-state index contributed by atoms with van der Waals surface area (Å²) >= 11 is 0. The summed E-state index contributed by atoms with van der Waals surface area (Å²) in [6.07, 6.45) is 0. The SMILES string of the molecule is CC(C)c1ccccc1OCc1c(N)cccc1F. The van der Waals surface area contributed by atoms with E-state index >= 15 is 0 Å². The summed E-state index contributed by atoms with van der Waals surface area (Å²) in [5, 5.41) is 0. The van der Waals surface area contributed by atoms with Crippen LogP contribution >= 0.6 is 0 Å². The Balaban J connectivity index is 2.19. The van der Waals surface area contributed by atoms with Gasteiger partial charge in [-0.2, -0.15) is 0 Å². The summed E-state index contributed by atoms with van der Waals surface area (Å²) in [6.45, 7) is 4.33. The molecule has 3 heteroatoms. The summed E-state index contributed by atoms with van der Waals surface area (Å²) in [5.74, 6) is 0.802. The van der Waals surface area contributed by atoms with Crippen LogP contribution in [-0.4, -0.2) is 0 Å². The molecule has 2 aromatic rings. The molecule has 2 rings (SSSR count). The van der Waals surface area contributed by atoms with Gasteiger partial charge in [0.2, 0.25) is 0 Å². The van der Waals surface area contributed by atoms with Gasteiger partial charge in [0.1, 0.15) is 18.2 Å². The molecule has 0 amide bonds. The molecule has 19 heavy (non-hydrogen) atoms. The van der Waals surface area contributed by atoms with E-state index in [1.807, 2.05) is 24.3 Å². The van der Waals surface area contributed by atoms with Gasteiger partial charge in [0.05, 0.1) is 0 Å². The average Bonchev–Trinajstić information content (AvgIpc) is 2.38. The molecule has 0 aliphatic carbocycles. The molecule has 0 aliphatic rings. The number of benzene rings is 2. The van der Waals surface area contributed by atoms with Crippen LogP contribution < -0.4 is 10.5 Å². The van der Waals surface area contributed by atoms with Crippen LogP contribution in [0.2, 0.25) is 0 Å². The zero-order valence-corrected chi connectivity index (χ0v) is 11.2. The maximum atomic E-state index is 13.7. The Morgan fingerprint density at radius 1 is 1.11 bits per heavy atom. The predicted octanol–water partition coefficient (Wildman–Crippen LogP) is 4.11. The summed E-state index contributed by atoms with van der Waals surface area (Å²) in [7, 11) is 0. The number of nitrogen functional groups attached to an aromatic ring is 1. The smallest absolute Gasteiger partial charge is 0.131 e. The third-order valence-corrected chi connectivity index (χ3v) is 3.07. The molecule has 2 aromatic carbocycles. The number of ether oxygens (including phenoxy) is 1. The minimum atomic E-state index is -0.331. The molecule has 100 valence electrons. The van der Waals surface area contributed by atoms with Crippen LogP contribution in [0.5, 0.6) is 5.75 Å². The van der Waals surface area contributed by atoms with Gasteiger partial charge in [-0.1, -0.05) is 38.1 Å². The van der Waals surface area contributed by atoms with E-state index in [9.17, 15) is 4.39 Å². The zero-order chi connectivity index (χ0) is 13.8. The number of hydrogen-bond acceptors (Lipinski definition) is 2. The normalized spacial score (nSPS) is 10.7. The minimum absolute atomic E-state index is 0.141. The first-order chi connectivity index (χ1) is 9.09. The fourth-order valence-electron chi connectivity index (χ4n) is 1.97. The summed E-state index contributed by atoms with van der Waals surface area (Å²) < 4.78 is 19.4. The van der Waals surface area contributed by atoms with Crippen LogP contribution in [0.15, 0.2) is 42.5 Å². The van der Waals surface area contributed by atoms with E-state index < -0.39 is 0 Å². The number of hydrogen-bond donors (Lipinski definition) is 1. The molecule has 2 N–H and O–H groups in total. The molecule has 0 aliphatic heterocycles. The summed E-state index contributed by atoms with van der Waals surface area (Å²) in [4.78, 5) is 0. The lowest BCUT2D eigenvalue weighted by Crippen LogP contribution is -2.04. The topological polar surface area (TPSA) is 35.2 Å². The second kappa shape index (κ2) is 5.74. The van der Waals surface area contributed by atoms with E-state index in [4.69, 9.17) is 10.5 Å². The highest BCUT2D eigenvalue weighted by atomic mass is 19.1. The third kappa shape index (κ3) is 3.05. The lowest BCUT2D eigenvalue weighted by Gasteiger charge is -2.14. The van der Waals surface area contributed by atoms with Crippen LogP contribution in [0, 0.1) is 5.82 Å². The maximum absolute atomic E-state index is 13.7. The Morgan fingerprint density at radius 3 is 2.53 bits per heavy atom. The number of rotatable bonds is 4. The lowest BCUT2D eigenvalue weighted by atomic mass is 10.0. The highest BCUT2D eigenvalue weighted by Crippen LogP contribution is 2.27. The van der Waals surface area contributed by atoms with Gasteiger partial charge >= 0.3 is 0 Å². The summed E-state index contributed by atoms with van der Waals surface area (Å²) in [5.41, 5.74) is 7.69. The quantitative estimate of drug-likeness (QED) is 0.839. The zero-order valence-electron chi connectivity index (χ0n) is 11.2. The van der Waals surface area contributed by atoms with E-state index in [1.165, 1.54) is 6.07 Å². The molecule has 0 saturated carbocycles. The first kappa shape index (κ1) is 13.4. The van der Waals surface area contributed by atoms with Gasteiger partial charge in [0.25, 0.3) is 0 Å². The number of para-hydroxylation sites is 1. The Hall–Kier alpha value is -2.03. The van der Waals surface area contributed by atoms with Gasteiger partial charge in [0, 0.05) is 11.3 Å². The van der Waals surface area contributed by atoms with Crippen molar-refractivity contribution < 1.29 is 9.13 Å². The highest BCUT2D eigenvalue weighted by molar-refractivity contribution is 5.47. The molecule has 0 unspecified atom stereocenters.